The quantitative estimate of drug-likeness (QED) is 0.781. The summed E-state index contributed by atoms with van der Waals surface area (Å²) in [5, 5.41) is 11.0. The van der Waals surface area contributed by atoms with Crippen molar-refractivity contribution in [1.82, 2.24) is 9.55 Å². The summed E-state index contributed by atoms with van der Waals surface area (Å²) < 4.78 is 7.53. The van der Waals surface area contributed by atoms with E-state index >= 15 is 0 Å². The normalized spacial score (nSPS) is 10.7. The minimum Gasteiger partial charge on any atom is -0.491 e. The van der Waals surface area contributed by atoms with Crippen LogP contribution >= 0.6 is 0 Å². The molecular formula is C16H14N2O3. The van der Waals surface area contributed by atoms with E-state index < -0.39 is 5.97 Å². The van der Waals surface area contributed by atoms with E-state index in [9.17, 15) is 9.90 Å². The Morgan fingerprint density at radius 2 is 2.10 bits per heavy atom. The molecule has 0 aliphatic rings. The fraction of sp³-hybridized carbons (Fsp3) is 0.125. The molecule has 0 saturated heterocycles. The largest absolute Gasteiger partial charge is 0.491 e. The van der Waals surface area contributed by atoms with Gasteiger partial charge in [0.05, 0.1) is 12.9 Å². The number of nitrogens with zero attached hydrogens (tertiary/aromatic N) is 2. The topological polar surface area (TPSA) is 64.3 Å². The SMILES string of the molecule is O=C(O)c1c(OCCn2ccnc2)ccc2ccccc12. The minimum absolute atomic E-state index is 0.207. The summed E-state index contributed by atoms with van der Waals surface area (Å²) in [4.78, 5) is 15.5. The molecule has 0 amide bonds. The lowest BCUT2D eigenvalue weighted by Gasteiger charge is -2.11. The average Bonchev–Trinajstić information content (AvgIpc) is 3.00. The monoisotopic (exact) mass is 282 g/mol. The first-order chi connectivity index (χ1) is 10.3. The molecular weight excluding hydrogens is 268 g/mol. The lowest BCUT2D eigenvalue weighted by Crippen LogP contribution is -2.09. The highest BCUT2D eigenvalue weighted by Crippen LogP contribution is 2.28. The van der Waals surface area contributed by atoms with Crippen LogP contribution in [-0.4, -0.2) is 27.2 Å². The van der Waals surface area contributed by atoms with E-state index in [4.69, 9.17) is 4.74 Å². The predicted molar refractivity (Wildman–Crippen MR) is 78.6 cm³/mol. The number of benzene rings is 2. The first kappa shape index (κ1) is 13.2. The van der Waals surface area contributed by atoms with Gasteiger partial charge >= 0.3 is 5.97 Å². The van der Waals surface area contributed by atoms with Gasteiger partial charge in [0.15, 0.2) is 0 Å². The van der Waals surface area contributed by atoms with Crippen LogP contribution in [0.3, 0.4) is 0 Å². The van der Waals surface area contributed by atoms with E-state index in [1.807, 2.05) is 35.0 Å². The number of carbonyl (C=O) groups is 1. The molecule has 3 aromatic rings. The van der Waals surface area contributed by atoms with Gasteiger partial charge < -0.3 is 14.4 Å². The van der Waals surface area contributed by atoms with Crippen molar-refractivity contribution in [3.63, 3.8) is 0 Å². The lowest BCUT2D eigenvalue weighted by molar-refractivity contribution is 0.0694. The fourth-order valence-electron chi connectivity index (χ4n) is 2.27. The van der Waals surface area contributed by atoms with E-state index in [2.05, 4.69) is 4.98 Å². The molecule has 0 bridgehead atoms. The number of carboxylic acid groups (broad SMARTS) is 1. The molecule has 0 atom stereocenters. The van der Waals surface area contributed by atoms with Crippen LogP contribution < -0.4 is 4.74 Å². The van der Waals surface area contributed by atoms with Gasteiger partial charge in [-0.2, -0.15) is 0 Å². The molecule has 0 radical (unpaired) electrons. The molecule has 0 aliphatic heterocycles. The van der Waals surface area contributed by atoms with Gasteiger partial charge in [0.2, 0.25) is 0 Å². The zero-order chi connectivity index (χ0) is 14.7. The maximum absolute atomic E-state index is 11.5. The number of aromatic nitrogens is 2. The molecule has 0 fully saturated rings. The Morgan fingerprint density at radius 1 is 1.24 bits per heavy atom. The van der Waals surface area contributed by atoms with Crippen molar-refractivity contribution in [2.75, 3.05) is 6.61 Å². The summed E-state index contributed by atoms with van der Waals surface area (Å²) in [6.07, 6.45) is 5.22. The van der Waals surface area contributed by atoms with Gasteiger partial charge in [-0.1, -0.05) is 30.3 Å². The fourth-order valence-corrected chi connectivity index (χ4v) is 2.27. The minimum atomic E-state index is -0.982. The Bertz CT molecular complexity index is 766. The second kappa shape index (κ2) is 5.66. The Hall–Kier alpha value is -2.82. The second-order valence-electron chi connectivity index (χ2n) is 4.61. The molecule has 21 heavy (non-hydrogen) atoms. The summed E-state index contributed by atoms with van der Waals surface area (Å²) in [6, 6.07) is 11.0. The Morgan fingerprint density at radius 3 is 2.86 bits per heavy atom. The molecule has 5 heteroatoms. The maximum Gasteiger partial charge on any atom is 0.340 e. The van der Waals surface area contributed by atoms with Crippen LogP contribution in [0, 0.1) is 0 Å². The van der Waals surface area contributed by atoms with Crippen LogP contribution in [0.4, 0.5) is 0 Å². The van der Waals surface area contributed by atoms with Gasteiger partial charge in [-0.3, -0.25) is 0 Å². The Balaban J connectivity index is 1.87. The van der Waals surface area contributed by atoms with E-state index in [1.54, 1.807) is 24.7 Å². The third-order valence-corrected chi connectivity index (χ3v) is 3.27. The van der Waals surface area contributed by atoms with Gasteiger partial charge in [0.1, 0.15) is 17.9 Å². The van der Waals surface area contributed by atoms with Crippen molar-refractivity contribution < 1.29 is 14.6 Å². The van der Waals surface area contributed by atoms with Crippen molar-refractivity contribution in [1.29, 1.82) is 0 Å². The smallest absolute Gasteiger partial charge is 0.340 e. The van der Waals surface area contributed by atoms with Crippen LogP contribution in [0.25, 0.3) is 10.8 Å². The van der Waals surface area contributed by atoms with Crippen molar-refractivity contribution in [3.05, 3.63) is 60.7 Å². The van der Waals surface area contributed by atoms with E-state index in [1.165, 1.54) is 0 Å². The summed E-state index contributed by atoms with van der Waals surface area (Å²) in [5.74, 6) is -0.592. The molecule has 1 N–H and O–H groups in total. The van der Waals surface area contributed by atoms with Crippen molar-refractivity contribution in [2.24, 2.45) is 0 Å². The molecule has 1 heterocycles. The Kier molecular flexibility index (Phi) is 3.55. The number of hydrogen-bond acceptors (Lipinski definition) is 3. The van der Waals surface area contributed by atoms with Crippen molar-refractivity contribution in [2.45, 2.75) is 6.54 Å². The second-order valence-corrected chi connectivity index (χ2v) is 4.61. The molecule has 1 aromatic heterocycles. The highest BCUT2D eigenvalue weighted by Gasteiger charge is 2.15. The van der Waals surface area contributed by atoms with Gasteiger partial charge in [0.25, 0.3) is 0 Å². The van der Waals surface area contributed by atoms with Gasteiger partial charge in [-0.25, -0.2) is 9.78 Å². The average molecular weight is 282 g/mol. The molecule has 0 spiro atoms. The van der Waals surface area contributed by atoms with Gasteiger partial charge in [-0.15, -0.1) is 0 Å². The van der Waals surface area contributed by atoms with E-state index in [0.717, 1.165) is 5.39 Å². The number of rotatable bonds is 5. The first-order valence-corrected chi connectivity index (χ1v) is 6.59. The molecule has 0 saturated carbocycles. The zero-order valence-corrected chi connectivity index (χ0v) is 11.3. The number of carboxylic acids is 1. The molecule has 3 rings (SSSR count). The summed E-state index contributed by atoms with van der Waals surface area (Å²) in [5.41, 5.74) is 0.207. The third kappa shape index (κ3) is 2.72. The molecule has 2 aromatic carbocycles. The van der Waals surface area contributed by atoms with Crippen LogP contribution in [0.2, 0.25) is 0 Å². The van der Waals surface area contributed by atoms with E-state index in [-0.39, 0.29) is 5.56 Å². The molecule has 0 unspecified atom stereocenters. The number of hydrogen-bond donors (Lipinski definition) is 1. The zero-order valence-electron chi connectivity index (χ0n) is 11.3. The first-order valence-electron chi connectivity index (χ1n) is 6.59. The standard InChI is InChI=1S/C16H14N2O3/c19-16(20)15-13-4-2-1-3-12(13)5-6-14(15)21-10-9-18-8-7-17-11-18/h1-8,11H,9-10H2,(H,19,20). The highest BCUT2D eigenvalue weighted by atomic mass is 16.5. The predicted octanol–water partition coefficient (Wildman–Crippen LogP) is 2.81. The number of fused-ring (bicyclic) bond motifs is 1. The van der Waals surface area contributed by atoms with Crippen molar-refractivity contribution in [3.8, 4) is 5.75 Å². The number of ether oxygens (including phenoxy) is 1. The summed E-state index contributed by atoms with van der Waals surface area (Å²) in [6.45, 7) is 1.00. The van der Waals surface area contributed by atoms with Crippen LogP contribution in [0.15, 0.2) is 55.1 Å². The lowest BCUT2D eigenvalue weighted by atomic mass is 10.0. The van der Waals surface area contributed by atoms with Gasteiger partial charge in [-0.05, 0) is 16.8 Å². The Labute approximate surface area is 121 Å². The van der Waals surface area contributed by atoms with E-state index in [0.29, 0.717) is 24.3 Å². The number of imidazole rings is 1. The number of aromatic carboxylic acids is 1. The molecule has 0 aliphatic carbocycles. The van der Waals surface area contributed by atoms with Gasteiger partial charge in [0, 0.05) is 12.4 Å². The van der Waals surface area contributed by atoms with Crippen LogP contribution in [0.5, 0.6) is 5.75 Å². The maximum atomic E-state index is 11.5. The summed E-state index contributed by atoms with van der Waals surface area (Å²) in [7, 11) is 0. The molecule has 106 valence electrons. The van der Waals surface area contributed by atoms with Crippen LogP contribution in [-0.2, 0) is 6.54 Å². The van der Waals surface area contributed by atoms with Crippen LogP contribution in [0.1, 0.15) is 10.4 Å². The third-order valence-electron chi connectivity index (χ3n) is 3.27. The van der Waals surface area contributed by atoms with Crippen molar-refractivity contribution >= 4 is 16.7 Å². The molecule has 5 nitrogen and oxygen atoms in total. The summed E-state index contributed by atoms with van der Waals surface area (Å²) >= 11 is 0. The highest BCUT2D eigenvalue weighted by molar-refractivity contribution is 6.06.